The largest absolute Gasteiger partial charge is 0.321 e. The summed E-state index contributed by atoms with van der Waals surface area (Å²) in [6.07, 6.45) is 0. The standard InChI is InChI=1S/C15H13Cl3N2O4S/c1-20(24-2)25(22,23)10-5-3-9(4-6-10)15(21)19-14-8-12(17)11(16)7-13(14)18/h3-8H,1-2H3,(H,19,21). The smallest absolute Gasteiger partial charge is 0.264 e. The van der Waals surface area contributed by atoms with Crippen molar-refractivity contribution in [1.29, 1.82) is 0 Å². The minimum Gasteiger partial charge on any atom is -0.321 e. The third kappa shape index (κ3) is 4.44. The molecule has 0 aromatic heterocycles. The number of nitrogens with one attached hydrogen (secondary N) is 1. The number of rotatable bonds is 5. The molecule has 0 unspecified atom stereocenters. The number of hydroxylamine groups is 1. The van der Waals surface area contributed by atoms with Crippen molar-refractivity contribution in [2.24, 2.45) is 0 Å². The van der Waals surface area contributed by atoms with Crippen LogP contribution in [0.25, 0.3) is 0 Å². The van der Waals surface area contributed by atoms with E-state index in [1.54, 1.807) is 0 Å². The first kappa shape index (κ1) is 20.0. The molecule has 25 heavy (non-hydrogen) atoms. The number of amides is 1. The fraction of sp³-hybridized carbons (Fsp3) is 0.133. The fourth-order valence-electron chi connectivity index (χ4n) is 1.84. The van der Waals surface area contributed by atoms with Gasteiger partial charge in [-0.2, -0.15) is 0 Å². The first-order valence-corrected chi connectivity index (χ1v) is 9.33. The number of carbonyl (C=O) groups excluding carboxylic acids is 1. The molecule has 0 aliphatic rings. The highest BCUT2D eigenvalue weighted by atomic mass is 35.5. The Bertz CT molecular complexity index is 902. The fourth-order valence-corrected chi connectivity index (χ4v) is 3.40. The van der Waals surface area contributed by atoms with Gasteiger partial charge in [-0.05, 0) is 36.4 Å². The number of halogens is 3. The Balaban J connectivity index is 2.23. The number of carbonyl (C=O) groups is 1. The number of benzene rings is 2. The Morgan fingerprint density at radius 3 is 2.16 bits per heavy atom. The van der Waals surface area contributed by atoms with E-state index in [0.717, 1.165) is 4.47 Å². The van der Waals surface area contributed by atoms with Gasteiger partial charge in [0.25, 0.3) is 15.9 Å². The maximum Gasteiger partial charge on any atom is 0.264 e. The van der Waals surface area contributed by atoms with Crippen LogP contribution in [0.1, 0.15) is 10.4 Å². The summed E-state index contributed by atoms with van der Waals surface area (Å²) in [6.45, 7) is 0. The lowest BCUT2D eigenvalue weighted by Crippen LogP contribution is -2.25. The predicted molar refractivity (Wildman–Crippen MR) is 97.8 cm³/mol. The Morgan fingerprint density at radius 1 is 1.04 bits per heavy atom. The Hall–Kier alpha value is -1.35. The molecule has 0 aliphatic carbocycles. The lowest BCUT2D eigenvalue weighted by atomic mass is 10.2. The summed E-state index contributed by atoms with van der Waals surface area (Å²) in [5.41, 5.74) is 0.526. The van der Waals surface area contributed by atoms with Gasteiger partial charge in [0.2, 0.25) is 0 Å². The molecule has 6 nitrogen and oxygen atoms in total. The van der Waals surface area contributed by atoms with Gasteiger partial charge in [-0.1, -0.05) is 39.3 Å². The van der Waals surface area contributed by atoms with E-state index in [9.17, 15) is 13.2 Å². The van der Waals surface area contributed by atoms with Gasteiger partial charge in [-0.15, -0.1) is 0 Å². The molecule has 0 spiro atoms. The quantitative estimate of drug-likeness (QED) is 0.581. The van der Waals surface area contributed by atoms with Crippen LogP contribution < -0.4 is 5.32 Å². The first-order chi connectivity index (χ1) is 11.7. The van der Waals surface area contributed by atoms with E-state index in [0.29, 0.717) is 0 Å². The predicted octanol–water partition coefficient (Wildman–Crippen LogP) is 4.08. The number of hydrogen-bond donors (Lipinski definition) is 1. The molecule has 10 heteroatoms. The molecule has 2 aromatic rings. The zero-order valence-corrected chi connectivity index (χ0v) is 16.2. The molecular formula is C15H13Cl3N2O4S. The molecular weight excluding hydrogens is 411 g/mol. The maximum atomic E-state index is 12.3. The molecule has 134 valence electrons. The van der Waals surface area contributed by atoms with E-state index in [1.807, 2.05) is 0 Å². The number of sulfonamides is 1. The summed E-state index contributed by atoms with van der Waals surface area (Å²) in [6, 6.07) is 8.19. The second-order valence-electron chi connectivity index (χ2n) is 4.82. The van der Waals surface area contributed by atoms with Crippen LogP contribution in [0.5, 0.6) is 0 Å². The highest BCUT2D eigenvalue weighted by Crippen LogP contribution is 2.32. The number of nitrogens with zero attached hydrogens (tertiary/aromatic N) is 1. The second kappa shape index (κ2) is 7.90. The van der Waals surface area contributed by atoms with Gasteiger partial charge in [0.1, 0.15) is 0 Å². The van der Waals surface area contributed by atoms with Gasteiger partial charge in [0, 0.05) is 12.6 Å². The molecule has 0 aliphatic heterocycles. The van der Waals surface area contributed by atoms with Gasteiger partial charge >= 0.3 is 0 Å². The Morgan fingerprint density at radius 2 is 1.60 bits per heavy atom. The summed E-state index contributed by atoms with van der Waals surface area (Å²) in [5, 5.41) is 3.32. The van der Waals surface area contributed by atoms with Crippen molar-refractivity contribution in [3.63, 3.8) is 0 Å². The van der Waals surface area contributed by atoms with Crippen molar-refractivity contribution in [2.45, 2.75) is 4.90 Å². The van der Waals surface area contributed by atoms with E-state index < -0.39 is 15.9 Å². The van der Waals surface area contributed by atoms with Crippen molar-refractivity contribution in [2.75, 3.05) is 19.5 Å². The van der Waals surface area contributed by atoms with Gasteiger partial charge in [-0.3, -0.25) is 9.63 Å². The molecule has 0 radical (unpaired) electrons. The zero-order valence-electron chi connectivity index (χ0n) is 13.1. The third-order valence-electron chi connectivity index (χ3n) is 3.27. The van der Waals surface area contributed by atoms with Crippen LogP contribution in [-0.4, -0.2) is 33.0 Å². The average Bonchev–Trinajstić information content (AvgIpc) is 2.58. The van der Waals surface area contributed by atoms with E-state index >= 15 is 0 Å². The molecule has 0 heterocycles. The third-order valence-corrected chi connectivity index (χ3v) is 6.00. The van der Waals surface area contributed by atoms with Crippen LogP contribution in [0, 0.1) is 0 Å². The molecule has 2 rings (SSSR count). The van der Waals surface area contributed by atoms with Crippen LogP contribution in [0.4, 0.5) is 5.69 Å². The van der Waals surface area contributed by atoms with E-state index in [-0.39, 0.29) is 31.2 Å². The van der Waals surface area contributed by atoms with Gasteiger partial charge < -0.3 is 5.32 Å². The van der Waals surface area contributed by atoms with E-state index in [4.69, 9.17) is 34.8 Å². The van der Waals surface area contributed by atoms with Crippen molar-refractivity contribution < 1.29 is 18.0 Å². The zero-order chi connectivity index (χ0) is 18.8. The topological polar surface area (TPSA) is 75.7 Å². The van der Waals surface area contributed by atoms with E-state index in [1.165, 1.54) is 50.6 Å². The molecule has 0 saturated carbocycles. The van der Waals surface area contributed by atoms with E-state index in [2.05, 4.69) is 10.2 Å². The molecule has 0 atom stereocenters. The SMILES string of the molecule is CON(C)S(=O)(=O)c1ccc(C(=O)Nc2cc(Cl)c(Cl)cc2Cl)cc1. The van der Waals surface area contributed by atoms with Crippen LogP contribution in [0.15, 0.2) is 41.3 Å². The van der Waals surface area contributed by atoms with Crippen molar-refractivity contribution >= 4 is 56.4 Å². The molecule has 2 aromatic carbocycles. The Labute approximate surface area is 160 Å². The van der Waals surface area contributed by atoms with Crippen LogP contribution in [0.2, 0.25) is 15.1 Å². The molecule has 1 amide bonds. The molecule has 0 fully saturated rings. The molecule has 0 saturated heterocycles. The van der Waals surface area contributed by atoms with Gasteiger partial charge in [0.05, 0.1) is 32.8 Å². The lowest BCUT2D eigenvalue weighted by Gasteiger charge is -2.14. The van der Waals surface area contributed by atoms with Gasteiger partial charge in [0.15, 0.2) is 0 Å². The Kier molecular flexibility index (Phi) is 6.31. The monoisotopic (exact) mass is 422 g/mol. The summed E-state index contributed by atoms with van der Waals surface area (Å²) < 4.78 is 24.9. The summed E-state index contributed by atoms with van der Waals surface area (Å²) in [4.78, 5) is 17.0. The van der Waals surface area contributed by atoms with Crippen LogP contribution in [0.3, 0.4) is 0 Å². The maximum absolute atomic E-state index is 12.3. The van der Waals surface area contributed by atoms with Crippen LogP contribution in [-0.2, 0) is 14.9 Å². The second-order valence-corrected chi connectivity index (χ2v) is 7.98. The summed E-state index contributed by atoms with van der Waals surface area (Å²) in [7, 11) is -1.28. The molecule has 0 bridgehead atoms. The highest BCUT2D eigenvalue weighted by Gasteiger charge is 2.21. The van der Waals surface area contributed by atoms with Gasteiger partial charge in [-0.25, -0.2) is 8.42 Å². The summed E-state index contributed by atoms with van der Waals surface area (Å²) in [5.74, 6) is -0.482. The normalized spacial score (nSPS) is 11.6. The average molecular weight is 424 g/mol. The summed E-state index contributed by atoms with van der Waals surface area (Å²) >= 11 is 17.8. The van der Waals surface area contributed by atoms with Crippen LogP contribution >= 0.6 is 34.8 Å². The van der Waals surface area contributed by atoms with Crippen molar-refractivity contribution in [3.8, 4) is 0 Å². The first-order valence-electron chi connectivity index (χ1n) is 6.76. The van der Waals surface area contributed by atoms with Crippen molar-refractivity contribution in [3.05, 3.63) is 57.0 Å². The minimum absolute atomic E-state index is 0.0130. The minimum atomic E-state index is -3.78. The number of hydrogen-bond acceptors (Lipinski definition) is 4. The number of anilines is 1. The highest BCUT2D eigenvalue weighted by molar-refractivity contribution is 7.89. The van der Waals surface area contributed by atoms with Crippen molar-refractivity contribution in [1.82, 2.24) is 4.47 Å². The lowest BCUT2D eigenvalue weighted by molar-refractivity contribution is -0.0258. The molecule has 1 N–H and O–H groups in total.